The molecule has 0 amide bonds. The highest BCUT2D eigenvalue weighted by molar-refractivity contribution is 7.92. The van der Waals surface area contributed by atoms with Crippen LogP contribution in [0.4, 0.5) is 5.69 Å². The number of carboxylic acids is 1. The van der Waals surface area contributed by atoms with Crippen LogP contribution >= 0.6 is 11.6 Å². The van der Waals surface area contributed by atoms with Crippen LogP contribution in [0.2, 0.25) is 5.02 Å². The van der Waals surface area contributed by atoms with Crippen molar-refractivity contribution in [3.8, 4) is 0 Å². The Bertz CT molecular complexity index is 802. The van der Waals surface area contributed by atoms with E-state index in [4.69, 9.17) is 16.7 Å². The predicted molar refractivity (Wildman–Crippen MR) is 80.4 cm³/mol. The number of halogens is 1. The minimum Gasteiger partial charge on any atom is -0.478 e. The fourth-order valence-electron chi connectivity index (χ4n) is 1.82. The highest BCUT2D eigenvalue weighted by atomic mass is 35.5. The number of aryl methyl sites for hydroxylation is 1. The average Bonchev–Trinajstić information content (AvgIpc) is 2.40. The summed E-state index contributed by atoms with van der Waals surface area (Å²) in [6, 6.07) is 10.4. The van der Waals surface area contributed by atoms with Gasteiger partial charge in [0.2, 0.25) is 0 Å². The third-order valence-corrected chi connectivity index (χ3v) is 4.70. The van der Waals surface area contributed by atoms with E-state index in [1.54, 1.807) is 25.1 Å². The van der Waals surface area contributed by atoms with Crippen molar-refractivity contribution < 1.29 is 18.3 Å². The van der Waals surface area contributed by atoms with E-state index in [2.05, 4.69) is 4.72 Å². The second-order valence-corrected chi connectivity index (χ2v) is 6.43. The Kier molecular flexibility index (Phi) is 4.20. The van der Waals surface area contributed by atoms with Crippen LogP contribution in [0.25, 0.3) is 0 Å². The monoisotopic (exact) mass is 325 g/mol. The molecular weight excluding hydrogens is 314 g/mol. The summed E-state index contributed by atoms with van der Waals surface area (Å²) in [5, 5.41) is 9.03. The summed E-state index contributed by atoms with van der Waals surface area (Å²) >= 11 is 5.75. The fourth-order valence-corrected chi connectivity index (χ4v) is 3.32. The van der Waals surface area contributed by atoms with Gasteiger partial charge in [0.15, 0.2) is 0 Å². The van der Waals surface area contributed by atoms with Crippen molar-refractivity contribution in [1.29, 1.82) is 0 Å². The molecule has 0 aliphatic rings. The standard InChI is InChI=1S/C14H12ClNO4S/c1-9-4-2-3-5-13(9)21(19,20)16-10-6-7-12(15)11(8-10)14(17)18/h2-8,16H,1H3,(H,17,18). The summed E-state index contributed by atoms with van der Waals surface area (Å²) in [6.45, 7) is 1.68. The number of carboxylic acid groups (broad SMARTS) is 1. The smallest absolute Gasteiger partial charge is 0.337 e. The van der Waals surface area contributed by atoms with Crippen LogP contribution in [-0.2, 0) is 10.0 Å². The van der Waals surface area contributed by atoms with Gasteiger partial charge in [-0.1, -0.05) is 29.8 Å². The zero-order valence-corrected chi connectivity index (χ0v) is 12.6. The Morgan fingerprint density at radius 2 is 1.86 bits per heavy atom. The maximum Gasteiger partial charge on any atom is 0.337 e. The molecule has 7 heteroatoms. The minimum atomic E-state index is -3.79. The normalized spacial score (nSPS) is 11.1. The molecular formula is C14H12ClNO4S. The van der Waals surface area contributed by atoms with E-state index in [0.29, 0.717) is 5.56 Å². The summed E-state index contributed by atoms with van der Waals surface area (Å²) in [7, 11) is -3.79. The maximum absolute atomic E-state index is 12.3. The molecule has 2 rings (SSSR count). The van der Waals surface area contributed by atoms with Crippen molar-refractivity contribution >= 4 is 33.3 Å². The number of rotatable bonds is 4. The minimum absolute atomic E-state index is 0.0429. The Morgan fingerprint density at radius 3 is 2.48 bits per heavy atom. The summed E-state index contributed by atoms with van der Waals surface area (Å²) in [5.41, 5.74) is 0.569. The number of nitrogens with one attached hydrogen (secondary N) is 1. The number of carbonyl (C=O) groups is 1. The largest absolute Gasteiger partial charge is 0.478 e. The second kappa shape index (κ2) is 5.75. The topological polar surface area (TPSA) is 83.5 Å². The van der Waals surface area contributed by atoms with Gasteiger partial charge in [-0.05, 0) is 36.8 Å². The molecule has 0 saturated heterocycles. The molecule has 0 aromatic heterocycles. The molecule has 21 heavy (non-hydrogen) atoms. The predicted octanol–water partition coefficient (Wildman–Crippen LogP) is 3.15. The fraction of sp³-hybridized carbons (Fsp3) is 0.0714. The van der Waals surface area contributed by atoms with Gasteiger partial charge in [0, 0.05) is 5.69 Å². The molecule has 2 aromatic rings. The zero-order valence-electron chi connectivity index (χ0n) is 11.0. The summed E-state index contributed by atoms with van der Waals surface area (Å²) in [6.07, 6.45) is 0. The second-order valence-electron chi connectivity index (χ2n) is 4.37. The number of benzene rings is 2. The first-order valence-electron chi connectivity index (χ1n) is 5.92. The van der Waals surface area contributed by atoms with Crippen LogP contribution in [0.3, 0.4) is 0 Å². The quantitative estimate of drug-likeness (QED) is 0.904. The van der Waals surface area contributed by atoms with Crippen molar-refractivity contribution in [2.75, 3.05) is 4.72 Å². The Hall–Kier alpha value is -2.05. The molecule has 0 unspecified atom stereocenters. The number of sulfonamides is 1. The molecule has 0 atom stereocenters. The lowest BCUT2D eigenvalue weighted by atomic mass is 10.2. The van der Waals surface area contributed by atoms with E-state index >= 15 is 0 Å². The SMILES string of the molecule is Cc1ccccc1S(=O)(=O)Nc1ccc(Cl)c(C(=O)O)c1. The molecule has 0 fully saturated rings. The summed E-state index contributed by atoms with van der Waals surface area (Å²) in [5.74, 6) is -1.23. The summed E-state index contributed by atoms with van der Waals surface area (Å²) in [4.78, 5) is 11.1. The molecule has 5 nitrogen and oxygen atoms in total. The zero-order chi connectivity index (χ0) is 15.6. The third kappa shape index (κ3) is 3.34. The van der Waals surface area contributed by atoms with Crippen molar-refractivity contribution in [3.63, 3.8) is 0 Å². The highest BCUT2D eigenvalue weighted by Gasteiger charge is 2.18. The van der Waals surface area contributed by atoms with Crippen LogP contribution in [0.5, 0.6) is 0 Å². The molecule has 0 aliphatic carbocycles. The van der Waals surface area contributed by atoms with Crippen LogP contribution < -0.4 is 4.72 Å². The molecule has 0 saturated carbocycles. The van der Waals surface area contributed by atoms with Gasteiger partial charge in [-0.25, -0.2) is 13.2 Å². The molecule has 2 N–H and O–H groups in total. The molecule has 0 radical (unpaired) electrons. The number of hydrogen-bond acceptors (Lipinski definition) is 3. The lowest BCUT2D eigenvalue weighted by Crippen LogP contribution is -2.14. The molecule has 110 valence electrons. The molecule has 0 heterocycles. The van der Waals surface area contributed by atoms with Gasteiger partial charge in [0.1, 0.15) is 0 Å². The van der Waals surface area contributed by atoms with Crippen LogP contribution in [0.15, 0.2) is 47.4 Å². The highest BCUT2D eigenvalue weighted by Crippen LogP contribution is 2.23. The van der Waals surface area contributed by atoms with Crippen LogP contribution in [0.1, 0.15) is 15.9 Å². The van der Waals surface area contributed by atoms with E-state index in [0.717, 1.165) is 0 Å². The third-order valence-electron chi connectivity index (χ3n) is 2.83. The van der Waals surface area contributed by atoms with Gasteiger partial charge in [-0.15, -0.1) is 0 Å². The molecule has 0 bridgehead atoms. The van der Waals surface area contributed by atoms with E-state index < -0.39 is 16.0 Å². The Labute approximate surface area is 127 Å². The molecule has 0 aliphatic heterocycles. The van der Waals surface area contributed by atoms with Gasteiger partial charge >= 0.3 is 5.97 Å². The average molecular weight is 326 g/mol. The molecule has 0 spiro atoms. The van der Waals surface area contributed by atoms with Crippen molar-refractivity contribution in [2.24, 2.45) is 0 Å². The summed E-state index contributed by atoms with van der Waals surface area (Å²) < 4.78 is 26.9. The van der Waals surface area contributed by atoms with Gasteiger partial charge in [0.05, 0.1) is 15.5 Å². The molecule has 2 aromatic carbocycles. The Balaban J connectivity index is 2.40. The lowest BCUT2D eigenvalue weighted by molar-refractivity contribution is 0.0697. The Morgan fingerprint density at radius 1 is 1.19 bits per heavy atom. The van der Waals surface area contributed by atoms with Crippen LogP contribution in [0, 0.1) is 6.92 Å². The number of hydrogen-bond donors (Lipinski definition) is 2. The van der Waals surface area contributed by atoms with Crippen LogP contribution in [-0.4, -0.2) is 19.5 Å². The van der Waals surface area contributed by atoms with Crippen molar-refractivity contribution in [1.82, 2.24) is 0 Å². The van der Waals surface area contributed by atoms with E-state index in [9.17, 15) is 13.2 Å². The first kappa shape index (κ1) is 15.3. The van der Waals surface area contributed by atoms with Gasteiger partial charge in [-0.2, -0.15) is 0 Å². The van der Waals surface area contributed by atoms with E-state index in [1.807, 2.05) is 0 Å². The van der Waals surface area contributed by atoms with Gasteiger partial charge < -0.3 is 5.11 Å². The lowest BCUT2D eigenvalue weighted by Gasteiger charge is -2.11. The van der Waals surface area contributed by atoms with Gasteiger partial charge in [0.25, 0.3) is 10.0 Å². The maximum atomic E-state index is 12.3. The van der Waals surface area contributed by atoms with E-state index in [-0.39, 0.29) is 21.2 Å². The van der Waals surface area contributed by atoms with Crippen molar-refractivity contribution in [3.05, 3.63) is 58.6 Å². The first-order chi connectivity index (χ1) is 9.81. The van der Waals surface area contributed by atoms with E-state index in [1.165, 1.54) is 24.3 Å². The number of anilines is 1. The first-order valence-corrected chi connectivity index (χ1v) is 7.78. The van der Waals surface area contributed by atoms with Gasteiger partial charge in [-0.3, -0.25) is 4.72 Å². The van der Waals surface area contributed by atoms with Crippen molar-refractivity contribution in [2.45, 2.75) is 11.8 Å². The number of aromatic carboxylic acids is 1.